The number of alkyl halides is 1. The number of halogens is 1. The highest BCUT2D eigenvalue weighted by Gasteiger charge is 2.12. The molecule has 0 fully saturated rings. The Morgan fingerprint density at radius 1 is 1.10 bits per heavy atom. The molecule has 1 aromatic carbocycles. The van der Waals surface area contributed by atoms with Crippen LogP contribution in [0, 0.1) is 0 Å². The van der Waals surface area contributed by atoms with E-state index in [1.165, 1.54) is 10.8 Å². The van der Waals surface area contributed by atoms with E-state index in [1.807, 2.05) is 6.20 Å². The van der Waals surface area contributed by atoms with Crippen LogP contribution in [0.15, 0.2) is 30.5 Å². The van der Waals surface area contributed by atoms with Gasteiger partial charge >= 0.3 is 0 Å². The molecular weight excluding hydrogens is 282 g/mol. The van der Waals surface area contributed by atoms with E-state index in [-0.39, 0.29) is 0 Å². The molecular formula is C17H24ClN3. The number of hydrogen-bond acceptors (Lipinski definition) is 3. The molecule has 0 saturated carbocycles. The summed E-state index contributed by atoms with van der Waals surface area (Å²) >= 11 is 6.03. The van der Waals surface area contributed by atoms with Crippen molar-refractivity contribution < 1.29 is 0 Å². The smallest absolute Gasteiger partial charge is 0.136 e. The molecule has 0 bridgehead atoms. The maximum atomic E-state index is 6.03. The van der Waals surface area contributed by atoms with E-state index in [0.717, 1.165) is 37.4 Å². The van der Waals surface area contributed by atoms with Gasteiger partial charge < -0.3 is 9.80 Å². The first-order valence-corrected chi connectivity index (χ1v) is 8.03. The summed E-state index contributed by atoms with van der Waals surface area (Å²) in [5.41, 5.74) is 1.10. The van der Waals surface area contributed by atoms with Gasteiger partial charge in [-0.25, -0.2) is 4.98 Å². The van der Waals surface area contributed by atoms with Crippen LogP contribution < -0.4 is 4.90 Å². The number of hydrogen-bond donors (Lipinski definition) is 0. The van der Waals surface area contributed by atoms with Crippen molar-refractivity contribution in [1.29, 1.82) is 0 Å². The maximum absolute atomic E-state index is 6.03. The van der Waals surface area contributed by atoms with Crippen LogP contribution in [-0.4, -0.2) is 43.6 Å². The largest absolute Gasteiger partial charge is 0.356 e. The zero-order valence-electron chi connectivity index (χ0n) is 13.1. The van der Waals surface area contributed by atoms with Crippen molar-refractivity contribution in [3.8, 4) is 0 Å². The quantitative estimate of drug-likeness (QED) is 0.726. The molecule has 0 radical (unpaired) electrons. The fourth-order valence-corrected chi connectivity index (χ4v) is 2.80. The Hall–Kier alpha value is -1.32. The van der Waals surface area contributed by atoms with Crippen molar-refractivity contribution in [2.45, 2.75) is 19.2 Å². The molecule has 2 rings (SSSR count). The predicted octanol–water partition coefficient (Wildman–Crippen LogP) is 3.75. The number of aromatic nitrogens is 1. The van der Waals surface area contributed by atoms with Crippen molar-refractivity contribution in [3.63, 3.8) is 0 Å². The minimum absolute atomic E-state index is 0.501. The number of anilines is 1. The fraction of sp³-hybridized carbons (Fsp3) is 0.471. The van der Waals surface area contributed by atoms with Crippen LogP contribution in [0.2, 0.25) is 0 Å². The van der Waals surface area contributed by atoms with Gasteiger partial charge in [-0.15, -0.1) is 11.6 Å². The van der Waals surface area contributed by atoms with Gasteiger partial charge in [0.05, 0.1) is 0 Å². The van der Waals surface area contributed by atoms with E-state index >= 15 is 0 Å². The topological polar surface area (TPSA) is 19.4 Å². The van der Waals surface area contributed by atoms with Crippen molar-refractivity contribution in [2.75, 3.05) is 38.6 Å². The molecule has 0 atom stereocenters. The Morgan fingerprint density at radius 2 is 1.81 bits per heavy atom. The first-order valence-electron chi connectivity index (χ1n) is 7.49. The summed E-state index contributed by atoms with van der Waals surface area (Å²) in [6.45, 7) is 5.26. The number of nitrogens with zero attached hydrogens (tertiary/aromatic N) is 3. The third-order valence-corrected chi connectivity index (χ3v) is 4.00. The summed E-state index contributed by atoms with van der Waals surface area (Å²) in [6.07, 6.45) is 3.05. The zero-order chi connectivity index (χ0) is 15.2. The van der Waals surface area contributed by atoms with Crippen LogP contribution in [0.5, 0.6) is 0 Å². The third-order valence-electron chi connectivity index (χ3n) is 3.72. The highest BCUT2D eigenvalue weighted by molar-refractivity contribution is 6.18. The van der Waals surface area contributed by atoms with Gasteiger partial charge in [0.15, 0.2) is 0 Å². The molecule has 3 nitrogen and oxygen atoms in total. The van der Waals surface area contributed by atoms with E-state index in [4.69, 9.17) is 11.6 Å². The van der Waals surface area contributed by atoms with E-state index in [2.05, 4.69) is 60.1 Å². The molecule has 4 heteroatoms. The SMILES string of the molecule is CCN(CCCN(C)C)c1ncc(CCl)c2ccccc12. The van der Waals surface area contributed by atoms with Gasteiger partial charge in [-0.3, -0.25) is 0 Å². The molecule has 21 heavy (non-hydrogen) atoms. The van der Waals surface area contributed by atoms with Crippen LogP contribution in [0.3, 0.4) is 0 Å². The average molecular weight is 306 g/mol. The highest BCUT2D eigenvalue weighted by Crippen LogP contribution is 2.28. The van der Waals surface area contributed by atoms with Crippen LogP contribution in [-0.2, 0) is 5.88 Å². The Morgan fingerprint density at radius 3 is 2.43 bits per heavy atom. The second-order valence-electron chi connectivity index (χ2n) is 5.52. The molecule has 1 heterocycles. The van der Waals surface area contributed by atoms with Crippen molar-refractivity contribution >= 4 is 28.2 Å². The molecule has 0 unspecified atom stereocenters. The maximum Gasteiger partial charge on any atom is 0.136 e. The van der Waals surface area contributed by atoms with Gasteiger partial charge in [0, 0.05) is 30.6 Å². The van der Waals surface area contributed by atoms with Crippen molar-refractivity contribution in [3.05, 3.63) is 36.0 Å². The van der Waals surface area contributed by atoms with Gasteiger partial charge in [-0.05, 0) is 44.9 Å². The van der Waals surface area contributed by atoms with Gasteiger partial charge in [0.25, 0.3) is 0 Å². The van der Waals surface area contributed by atoms with Crippen molar-refractivity contribution in [1.82, 2.24) is 9.88 Å². The van der Waals surface area contributed by atoms with Gasteiger partial charge in [-0.1, -0.05) is 24.3 Å². The summed E-state index contributed by atoms with van der Waals surface area (Å²) in [4.78, 5) is 9.24. The lowest BCUT2D eigenvalue weighted by molar-refractivity contribution is 0.400. The summed E-state index contributed by atoms with van der Waals surface area (Å²) in [5, 5.41) is 2.41. The average Bonchev–Trinajstić information content (AvgIpc) is 2.50. The Labute approximate surface area is 132 Å². The summed E-state index contributed by atoms with van der Waals surface area (Å²) in [6, 6.07) is 8.40. The molecule has 0 saturated heterocycles. The second kappa shape index (κ2) is 7.62. The summed E-state index contributed by atoms with van der Waals surface area (Å²) in [5.74, 6) is 1.57. The molecule has 114 valence electrons. The normalized spacial score (nSPS) is 11.3. The van der Waals surface area contributed by atoms with Crippen LogP contribution >= 0.6 is 11.6 Å². The number of rotatable bonds is 7. The minimum atomic E-state index is 0.501. The molecule has 0 aliphatic carbocycles. The molecule has 0 spiro atoms. The van der Waals surface area contributed by atoms with Crippen LogP contribution in [0.25, 0.3) is 10.8 Å². The summed E-state index contributed by atoms with van der Waals surface area (Å²) in [7, 11) is 4.22. The fourth-order valence-electron chi connectivity index (χ4n) is 2.59. The zero-order valence-corrected chi connectivity index (χ0v) is 13.9. The van der Waals surface area contributed by atoms with Gasteiger partial charge in [-0.2, -0.15) is 0 Å². The predicted molar refractivity (Wildman–Crippen MR) is 92.4 cm³/mol. The Bertz CT molecular complexity index is 583. The van der Waals surface area contributed by atoms with Crippen LogP contribution in [0.4, 0.5) is 5.82 Å². The third kappa shape index (κ3) is 3.86. The van der Waals surface area contributed by atoms with Crippen molar-refractivity contribution in [2.24, 2.45) is 0 Å². The highest BCUT2D eigenvalue weighted by atomic mass is 35.5. The van der Waals surface area contributed by atoms with Gasteiger partial charge in [0.1, 0.15) is 5.82 Å². The number of fused-ring (bicyclic) bond motifs is 1. The molecule has 1 aromatic heterocycles. The standard InChI is InChI=1S/C17H24ClN3/c1-4-21(11-7-10-20(2)3)17-16-9-6-5-8-15(16)14(12-18)13-19-17/h5-6,8-9,13H,4,7,10-12H2,1-3H3. The monoisotopic (exact) mass is 305 g/mol. The Kier molecular flexibility index (Phi) is 5.83. The first kappa shape index (κ1) is 16.1. The lowest BCUT2D eigenvalue weighted by Gasteiger charge is -2.24. The minimum Gasteiger partial charge on any atom is -0.356 e. The molecule has 0 aliphatic rings. The molecule has 2 aromatic rings. The van der Waals surface area contributed by atoms with E-state index < -0.39 is 0 Å². The lowest BCUT2D eigenvalue weighted by atomic mass is 10.1. The Balaban J connectivity index is 2.31. The van der Waals surface area contributed by atoms with Gasteiger partial charge in [0.2, 0.25) is 0 Å². The second-order valence-corrected chi connectivity index (χ2v) is 5.79. The molecule has 0 amide bonds. The van der Waals surface area contributed by atoms with Crippen LogP contribution in [0.1, 0.15) is 18.9 Å². The number of pyridine rings is 1. The molecule has 0 aliphatic heterocycles. The lowest BCUT2D eigenvalue weighted by Crippen LogP contribution is -2.28. The van der Waals surface area contributed by atoms with E-state index in [1.54, 1.807) is 0 Å². The first-order chi connectivity index (χ1) is 10.2. The van der Waals surface area contributed by atoms with E-state index in [0.29, 0.717) is 5.88 Å². The summed E-state index contributed by atoms with van der Waals surface area (Å²) < 4.78 is 0. The number of benzene rings is 1. The molecule has 0 N–H and O–H groups in total. The van der Waals surface area contributed by atoms with E-state index in [9.17, 15) is 0 Å².